The third-order valence-corrected chi connectivity index (χ3v) is 5.54. The first-order valence-corrected chi connectivity index (χ1v) is 10.9. The Bertz CT molecular complexity index is 1200. The van der Waals surface area contributed by atoms with E-state index in [1.165, 1.54) is 11.1 Å². The Morgan fingerprint density at radius 1 is 1.03 bits per heavy atom. The summed E-state index contributed by atoms with van der Waals surface area (Å²) in [6.07, 6.45) is -0.564. The Labute approximate surface area is 200 Å². The predicted octanol–water partition coefficient (Wildman–Crippen LogP) is 5.24. The molecule has 1 aliphatic rings. The molecule has 0 bridgehead atoms. The van der Waals surface area contributed by atoms with Crippen molar-refractivity contribution in [2.75, 3.05) is 13.2 Å². The Balaban J connectivity index is 1.55. The first-order valence-electron chi connectivity index (χ1n) is 10.5. The van der Waals surface area contributed by atoms with Crippen molar-refractivity contribution in [2.45, 2.75) is 19.6 Å². The lowest BCUT2D eigenvalue weighted by Crippen LogP contribution is -2.34. The number of nitrogens with zero attached hydrogens (tertiary/aromatic N) is 1. The molecule has 0 fully saturated rings. The molecule has 1 heterocycles. The van der Waals surface area contributed by atoms with Gasteiger partial charge in [-0.3, -0.25) is 0 Å². The standard InChI is InChI=1S/C25H21ClFNO6/c26-17-6-9-23(32-15-24(29)30)20(12-17)18-7-8-22(27)19-10-11-28(13-21(18)19)34-25(31)33-14-16-4-2-1-3-5-16/h1-9,12H,10-11,13-15H2,(H,29,30). The first-order chi connectivity index (χ1) is 16.4. The van der Waals surface area contributed by atoms with Crippen LogP contribution in [0.4, 0.5) is 9.18 Å². The number of carboxylic acid groups (broad SMARTS) is 1. The topological polar surface area (TPSA) is 85.3 Å². The molecule has 4 rings (SSSR count). The van der Waals surface area contributed by atoms with E-state index in [0.29, 0.717) is 39.4 Å². The normalized spacial score (nSPS) is 13.1. The van der Waals surface area contributed by atoms with Crippen molar-refractivity contribution in [3.8, 4) is 16.9 Å². The maximum absolute atomic E-state index is 14.6. The van der Waals surface area contributed by atoms with E-state index < -0.39 is 18.7 Å². The largest absolute Gasteiger partial charge is 0.528 e. The van der Waals surface area contributed by atoms with Crippen LogP contribution in [-0.4, -0.2) is 35.4 Å². The highest BCUT2D eigenvalue weighted by Crippen LogP contribution is 2.38. The lowest BCUT2D eigenvalue weighted by atomic mass is 9.91. The number of carboxylic acids is 1. The molecule has 0 aromatic heterocycles. The van der Waals surface area contributed by atoms with Crippen LogP contribution < -0.4 is 4.74 Å². The summed E-state index contributed by atoms with van der Waals surface area (Å²) >= 11 is 6.18. The molecule has 0 saturated heterocycles. The predicted molar refractivity (Wildman–Crippen MR) is 122 cm³/mol. The zero-order valence-corrected chi connectivity index (χ0v) is 18.8. The van der Waals surface area contributed by atoms with Gasteiger partial charge in [-0.05, 0) is 52.9 Å². The average Bonchev–Trinajstić information content (AvgIpc) is 2.83. The fourth-order valence-corrected chi connectivity index (χ4v) is 3.94. The molecule has 3 aromatic rings. The summed E-state index contributed by atoms with van der Waals surface area (Å²) in [5, 5.41) is 10.8. The molecule has 0 atom stereocenters. The minimum Gasteiger partial charge on any atom is -0.481 e. The van der Waals surface area contributed by atoms with Crippen molar-refractivity contribution in [1.29, 1.82) is 0 Å². The summed E-state index contributed by atoms with van der Waals surface area (Å²) in [4.78, 5) is 28.5. The van der Waals surface area contributed by atoms with E-state index >= 15 is 0 Å². The molecule has 0 amide bonds. The van der Waals surface area contributed by atoms with Crippen LogP contribution in [-0.2, 0) is 33.9 Å². The number of hydrogen-bond donors (Lipinski definition) is 1. The number of carbonyl (C=O) groups is 2. The molecule has 1 aliphatic heterocycles. The van der Waals surface area contributed by atoms with E-state index in [1.54, 1.807) is 24.3 Å². The summed E-state index contributed by atoms with van der Waals surface area (Å²) in [7, 11) is 0. The number of aliphatic carboxylic acids is 1. The summed E-state index contributed by atoms with van der Waals surface area (Å²) in [6, 6.07) is 16.9. The van der Waals surface area contributed by atoms with Crippen molar-refractivity contribution < 1.29 is 33.4 Å². The summed E-state index contributed by atoms with van der Waals surface area (Å²) in [5.74, 6) is -1.21. The molecule has 0 unspecified atom stereocenters. The first kappa shape index (κ1) is 23.5. The number of hydroxylamine groups is 2. The summed E-state index contributed by atoms with van der Waals surface area (Å²) in [5.41, 5.74) is 3.01. The number of hydrogen-bond acceptors (Lipinski definition) is 6. The fraction of sp³-hybridized carbons (Fsp3) is 0.200. The monoisotopic (exact) mass is 485 g/mol. The lowest BCUT2D eigenvalue weighted by molar-refractivity contribution is -0.139. The quantitative estimate of drug-likeness (QED) is 0.458. The van der Waals surface area contributed by atoms with Crippen LogP contribution in [0.5, 0.6) is 5.75 Å². The maximum Gasteiger partial charge on any atom is 0.528 e. The molecular weight excluding hydrogens is 465 g/mol. The third-order valence-electron chi connectivity index (χ3n) is 5.31. The number of benzene rings is 3. The van der Waals surface area contributed by atoms with Crippen LogP contribution in [0, 0.1) is 5.82 Å². The van der Waals surface area contributed by atoms with E-state index in [4.69, 9.17) is 31.0 Å². The molecule has 176 valence electrons. The zero-order chi connectivity index (χ0) is 24.1. The second-order valence-corrected chi connectivity index (χ2v) is 8.04. The van der Waals surface area contributed by atoms with Crippen LogP contribution in [0.15, 0.2) is 60.7 Å². The second kappa shape index (κ2) is 10.5. The van der Waals surface area contributed by atoms with Crippen LogP contribution in [0.25, 0.3) is 11.1 Å². The molecule has 0 saturated carbocycles. The van der Waals surface area contributed by atoms with Gasteiger partial charge in [0, 0.05) is 17.1 Å². The Morgan fingerprint density at radius 2 is 1.82 bits per heavy atom. The number of rotatable bonds is 7. The Hall–Kier alpha value is -3.62. The average molecular weight is 486 g/mol. The van der Waals surface area contributed by atoms with Crippen LogP contribution in [0.2, 0.25) is 5.02 Å². The van der Waals surface area contributed by atoms with Gasteiger partial charge in [0.25, 0.3) is 0 Å². The van der Waals surface area contributed by atoms with E-state index in [2.05, 4.69) is 0 Å². The second-order valence-electron chi connectivity index (χ2n) is 7.60. The van der Waals surface area contributed by atoms with E-state index in [9.17, 15) is 14.0 Å². The van der Waals surface area contributed by atoms with Crippen molar-refractivity contribution in [1.82, 2.24) is 5.06 Å². The number of fused-ring (bicyclic) bond motifs is 1. The molecule has 0 spiro atoms. The molecule has 7 nitrogen and oxygen atoms in total. The Kier molecular flexibility index (Phi) is 7.30. The Morgan fingerprint density at radius 3 is 2.59 bits per heavy atom. The van der Waals surface area contributed by atoms with Crippen molar-refractivity contribution in [2.24, 2.45) is 0 Å². The number of carbonyl (C=O) groups excluding carboxylic acids is 1. The van der Waals surface area contributed by atoms with Crippen LogP contribution >= 0.6 is 11.6 Å². The van der Waals surface area contributed by atoms with Gasteiger partial charge in [0.15, 0.2) is 6.61 Å². The van der Waals surface area contributed by atoms with Crippen molar-refractivity contribution in [3.63, 3.8) is 0 Å². The summed E-state index contributed by atoms with van der Waals surface area (Å²) in [6.45, 7) is -0.0866. The van der Waals surface area contributed by atoms with Gasteiger partial charge in [-0.15, -0.1) is 5.06 Å². The zero-order valence-electron chi connectivity index (χ0n) is 18.0. The maximum atomic E-state index is 14.6. The summed E-state index contributed by atoms with van der Waals surface area (Å²) < 4.78 is 25.2. The number of halogens is 2. The highest BCUT2D eigenvalue weighted by molar-refractivity contribution is 6.31. The SMILES string of the molecule is O=C(O)COc1ccc(Cl)cc1-c1ccc(F)c2c1CN(OC(=O)OCc1ccccc1)CC2. The smallest absolute Gasteiger partial charge is 0.481 e. The fourth-order valence-electron chi connectivity index (χ4n) is 3.76. The van der Waals surface area contributed by atoms with Crippen LogP contribution in [0.3, 0.4) is 0 Å². The lowest BCUT2D eigenvalue weighted by Gasteiger charge is -2.29. The molecule has 34 heavy (non-hydrogen) atoms. The molecule has 1 N–H and O–H groups in total. The van der Waals surface area contributed by atoms with Gasteiger partial charge in [0.05, 0.1) is 6.54 Å². The molecular formula is C25H21ClFNO6. The minimum absolute atomic E-state index is 0.0662. The number of ether oxygens (including phenoxy) is 2. The van der Waals surface area contributed by atoms with E-state index in [-0.39, 0.29) is 25.5 Å². The highest BCUT2D eigenvalue weighted by Gasteiger charge is 2.26. The van der Waals surface area contributed by atoms with Gasteiger partial charge in [-0.1, -0.05) is 48.0 Å². The van der Waals surface area contributed by atoms with Gasteiger partial charge in [-0.2, -0.15) is 0 Å². The molecule has 9 heteroatoms. The van der Waals surface area contributed by atoms with E-state index in [0.717, 1.165) is 5.56 Å². The highest BCUT2D eigenvalue weighted by atomic mass is 35.5. The van der Waals surface area contributed by atoms with Crippen molar-refractivity contribution >= 4 is 23.7 Å². The van der Waals surface area contributed by atoms with Gasteiger partial charge in [-0.25, -0.2) is 14.0 Å². The van der Waals surface area contributed by atoms with Gasteiger partial charge in [0.1, 0.15) is 18.2 Å². The molecule has 0 aliphatic carbocycles. The van der Waals surface area contributed by atoms with Gasteiger partial charge < -0.3 is 19.4 Å². The van der Waals surface area contributed by atoms with E-state index in [1.807, 2.05) is 30.3 Å². The third kappa shape index (κ3) is 5.65. The van der Waals surface area contributed by atoms with Gasteiger partial charge in [0.2, 0.25) is 0 Å². The minimum atomic E-state index is -1.13. The molecule has 0 radical (unpaired) electrons. The van der Waals surface area contributed by atoms with Gasteiger partial charge >= 0.3 is 12.1 Å². The molecule has 3 aromatic carbocycles. The van der Waals surface area contributed by atoms with Crippen LogP contribution in [0.1, 0.15) is 16.7 Å². The van der Waals surface area contributed by atoms with Crippen molar-refractivity contribution in [3.05, 3.63) is 88.2 Å².